The highest BCUT2D eigenvalue weighted by Crippen LogP contribution is 2.32. The Kier molecular flexibility index (Phi) is 3.46. The topological polar surface area (TPSA) is 66.8 Å². The van der Waals surface area contributed by atoms with Crippen LogP contribution < -0.4 is 4.74 Å². The van der Waals surface area contributed by atoms with E-state index in [-0.39, 0.29) is 5.91 Å². The van der Waals surface area contributed by atoms with E-state index in [9.17, 15) is 9.59 Å². The van der Waals surface area contributed by atoms with Crippen LogP contribution in [0.5, 0.6) is 5.75 Å². The molecule has 1 aromatic carbocycles. The average Bonchev–Trinajstić information content (AvgIpc) is 2.69. The zero-order valence-electron chi connectivity index (χ0n) is 11.0. The molecule has 0 saturated carbocycles. The quantitative estimate of drug-likeness (QED) is 0.836. The molecule has 2 rings (SSSR count). The minimum absolute atomic E-state index is 0.309. The summed E-state index contributed by atoms with van der Waals surface area (Å²) in [4.78, 5) is 24.9. The molecule has 0 bridgehead atoms. The number of hydrogen-bond donors (Lipinski definition) is 1. The maximum absolute atomic E-state index is 12.1. The van der Waals surface area contributed by atoms with E-state index in [0.29, 0.717) is 19.5 Å². The van der Waals surface area contributed by atoms with Crippen molar-refractivity contribution < 1.29 is 19.4 Å². The molecule has 1 amide bonds. The lowest BCUT2D eigenvalue weighted by molar-refractivity contribution is -0.155. The highest BCUT2D eigenvalue weighted by Gasteiger charge is 2.48. The summed E-state index contributed by atoms with van der Waals surface area (Å²) in [5.74, 6) is -0.600. The van der Waals surface area contributed by atoms with E-state index in [1.165, 1.54) is 6.92 Å². The minimum Gasteiger partial charge on any atom is -0.497 e. The number of benzene rings is 1. The second-order valence-corrected chi connectivity index (χ2v) is 4.96. The fourth-order valence-electron chi connectivity index (χ4n) is 2.22. The number of ether oxygens (including phenoxy) is 1. The average molecular weight is 263 g/mol. The van der Waals surface area contributed by atoms with Crippen LogP contribution >= 0.6 is 0 Å². The van der Waals surface area contributed by atoms with Crippen LogP contribution in [0.4, 0.5) is 0 Å². The summed E-state index contributed by atoms with van der Waals surface area (Å²) in [6.45, 7) is 2.41. The van der Waals surface area contributed by atoms with Gasteiger partial charge in [-0.25, -0.2) is 0 Å². The van der Waals surface area contributed by atoms with Crippen molar-refractivity contribution in [1.82, 2.24) is 4.90 Å². The number of carboxylic acid groups (broad SMARTS) is 1. The second kappa shape index (κ2) is 4.91. The molecule has 19 heavy (non-hydrogen) atoms. The van der Waals surface area contributed by atoms with Gasteiger partial charge in [-0.15, -0.1) is 0 Å². The van der Waals surface area contributed by atoms with Crippen LogP contribution in [0.3, 0.4) is 0 Å². The highest BCUT2D eigenvalue weighted by molar-refractivity contribution is 6.02. The fraction of sp³-hybridized carbons (Fsp3) is 0.429. The van der Waals surface area contributed by atoms with Crippen LogP contribution in [0, 0.1) is 5.41 Å². The molecule has 0 aromatic heterocycles. The molecule has 1 unspecified atom stereocenters. The molecule has 1 fully saturated rings. The first kappa shape index (κ1) is 13.4. The number of rotatable bonds is 4. The molecule has 1 atom stereocenters. The third-order valence-electron chi connectivity index (χ3n) is 3.65. The molecule has 1 aromatic rings. The zero-order valence-corrected chi connectivity index (χ0v) is 11.0. The summed E-state index contributed by atoms with van der Waals surface area (Å²) in [6, 6.07) is 7.41. The first-order valence-corrected chi connectivity index (χ1v) is 6.13. The number of carbonyl (C=O) groups excluding carboxylic acids is 1. The van der Waals surface area contributed by atoms with E-state index in [2.05, 4.69) is 0 Å². The van der Waals surface area contributed by atoms with Crippen LogP contribution in [-0.4, -0.2) is 35.5 Å². The van der Waals surface area contributed by atoms with E-state index in [1.807, 2.05) is 24.3 Å². The number of hydrogen-bond acceptors (Lipinski definition) is 3. The Hall–Kier alpha value is -2.04. The lowest BCUT2D eigenvalue weighted by Gasteiger charge is -2.19. The maximum Gasteiger partial charge on any atom is 0.318 e. The second-order valence-electron chi connectivity index (χ2n) is 4.96. The van der Waals surface area contributed by atoms with Gasteiger partial charge < -0.3 is 14.7 Å². The van der Waals surface area contributed by atoms with Gasteiger partial charge in [-0.1, -0.05) is 12.1 Å². The lowest BCUT2D eigenvalue weighted by atomic mass is 9.89. The number of aliphatic carboxylic acids is 1. The van der Waals surface area contributed by atoms with Gasteiger partial charge in [0.1, 0.15) is 11.2 Å². The van der Waals surface area contributed by atoms with Crippen molar-refractivity contribution in [1.29, 1.82) is 0 Å². The third-order valence-corrected chi connectivity index (χ3v) is 3.65. The number of nitrogens with zero attached hydrogens (tertiary/aromatic N) is 1. The van der Waals surface area contributed by atoms with Gasteiger partial charge in [-0.3, -0.25) is 9.59 Å². The zero-order chi connectivity index (χ0) is 14.0. The summed E-state index contributed by atoms with van der Waals surface area (Å²) < 4.78 is 5.07. The lowest BCUT2D eigenvalue weighted by Crippen LogP contribution is -2.37. The number of carboxylic acids is 1. The van der Waals surface area contributed by atoms with E-state index in [4.69, 9.17) is 9.84 Å². The smallest absolute Gasteiger partial charge is 0.318 e. The summed E-state index contributed by atoms with van der Waals surface area (Å²) in [5.41, 5.74) is -0.310. The van der Waals surface area contributed by atoms with Crippen LogP contribution in [0.25, 0.3) is 0 Å². The molecule has 1 N–H and O–H groups in total. The summed E-state index contributed by atoms with van der Waals surface area (Å²) in [6.07, 6.45) is 0.358. The van der Waals surface area contributed by atoms with E-state index >= 15 is 0 Å². The van der Waals surface area contributed by atoms with Gasteiger partial charge in [0.2, 0.25) is 5.91 Å². The maximum atomic E-state index is 12.1. The molecule has 5 heteroatoms. The molecule has 0 radical (unpaired) electrons. The van der Waals surface area contributed by atoms with Crippen molar-refractivity contribution in [3.63, 3.8) is 0 Å². The largest absolute Gasteiger partial charge is 0.497 e. The molecule has 1 heterocycles. The molecular formula is C14H17NO4. The van der Waals surface area contributed by atoms with Crippen molar-refractivity contribution in [2.24, 2.45) is 5.41 Å². The Morgan fingerprint density at radius 1 is 1.42 bits per heavy atom. The first-order valence-electron chi connectivity index (χ1n) is 6.13. The first-order chi connectivity index (χ1) is 8.97. The Morgan fingerprint density at radius 3 is 2.53 bits per heavy atom. The molecule has 102 valence electrons. The normalized spacial score (nSPS) is 22.6. The van der Waals surface area contributed by atoms with Gasteiger partial charge in [0, 0.05) is 13.1 Å². The van der Waals surface area contributed by atoms with Crippen LogP contribution in [0.2, 0.25) is 0 Å². The Balaban J connectivity index is 2.08. The fourth-order valence-corrected chi connectivity index (χ4v) is 2.22. The van der Waals surface area contributed by atoms with Crippen LogP contribution in [-0.2, 0) is 16.1 Å². The summed E-state index contributed by atoms with van der Waals surface area (Å²) >= 11 is 0. The van der Waals surface area contributed by atoms with Crippen molar-refractivity contribution in [2.45, 2.75) is 19.9 Å². The molecule has 1 aliphatic heterocycles. The Bertz CT molecular complexity index is 497. The number of likely N-dealkylation sites (tertiary alicyclic amines) is 1. The van der Waals surface area contributed by atoms with Gasteiger partial charge >= 0.3 is 5.97 Å². The molecule has 1 aliphatic rings. The van der Waals surface area contributed by atoms with Gasteiger partial charge in [-0.2, -0.15) is 0 Å². The molecule has 1 saturated heterocycles. The van der Waals surface area contributed by atoms with E-state index < -0.39 is 11.4 Å². The van der Waals surface area contributed by atoms with Crippen LogP contribution in [0.15, 0.2) is 24.3 Å². The van der Waals surface area contributed by atoms with E-state index in [0.717, 1.165) is 11.3 Å². The Morgan fingerprint density at radius 2 is 2.05 bits per heavy atom. The van der Waals surface area contributed by atoms with Crippen LogP contribution in [0.1, 0.15) is 18.9 Å². The van der Waals surface area contributed by atoms with Crippen molar-refractivity contribution in [3.05, 3.63) is 29.8 Å². The van der Waals surface area contributed by atoms with E-state index in [1.54, 1.807) is 12.0 Å². The predicted molar refractivity (Wildman–Crippen MR) is 68.8 cm³/mol. The minimum atomic E-state index is -1.27. The van der Waals surface area contributed by atoms with Gasteiger partial charge in [0.05, 0.1) is 7.11 Å². The molecule has 0 aliphatic carbocycles. The highest BCUT2D eigenvalue weighted by atomic mass is 16.5. The van der Waals surface area contributed by atoms with Crippen molar-refractivity contribution in [2.75, 3.05) is 13.7 Å². The number of methoxy groups -OCH3 is 1. The molecule has 0 spiro atoms. The van der Waals surface area contributed by atoms with Crippen molar-refractivity contribution in [3.8, 4) is 5.75 Å². The summed E-state index contributed by atoms with van der Waals surface area (Å²) in [7, 11) is 1.59. The molecule has 5 nitrogen and oxygen atoms in total. The SMILES string of the molecule is COc1ccc(CN2CCC(C)(C(=O)O)C2=O)cc1. The number of carbonyl (C=O) groups is 2. The summed E-state index contributed by atoms with van der Waals surface area (Å²) in [5, 5.41) is 9.13. The Labute approximate surface area is 111 Å². The van der Waals surface area contributed by atoms with Gasteiger partial charge in [0.25, 0.3) is 0 Å². The monoisotopic (exact) mass is 263 g/mol. The van der Waals surface area contributed by atoms with Gasteiger partial charge in [-0.05, 0) is 31.0 Å². The standard InChI is InChI=1S/C14H17NO4/c1-14(13(17)18)7-8-15(12(14)16)9-10-3-5-11(19-2)6-4-10/h3-6H,7-9H2,1-2H3,(H,17,18). The van der Waals surface area contributed by atoms with Crippen molar-refractivity contribution >= 4 is 11.9 Å². The third kappa shape index (κ3) is 2.41. The molecular weight excluding hydrogens is 246 g/mol. The van der Waals surface area contributed by atoms with Gasteiger partial charge in [0.15, 0.2) is 0 Å². The number of amides is 1. The predicted octanol–water partition coefficient (Wildman–Crippen LogP) is 1.52.